The number of hydrogen-bond acceptors (Lipinski definition) is 4. The van der Waals surface area contributed by atoms with E-state index in [9.17, 15) is 0 Å². The minimum atomic E-state index is 0.889. The molecule has 20 heavy (non-hydrogen) atoms. The molecular weight excluding hydrogens is 284 g/mol. The molecule has 2 N–H and O–H groups in total. The molecular formula is C16H16N2S2. The molecule has 0 spiro atoms. The molecule has 2 aromatic heterocycles. The highest BCUT2D eigenvalue weighted by molar-refractivity contribution is 7.10. The summed E-state index contributed by atoms with van der Waals surface area (Å²) in [6.07, 6.45) is 0. The van der Waals surface area contributed by atoms with E-state index in [-0.39, 0.29) is 0 Å². The van der Waals surface area contributed by atoms with Crippen molar-refractivity contribution in [1.29, 1.82) is 0 Å². The van der Waals surface area contributed by atoms with Crippen LogP contribution in [0.4, 0.5) is 11.4 Å². The lowest BCUT2D eigenvalue weighted by Gasteiger charge is -2.08. The summed E-state index contributed by atoms with van der Waals surface area (Å²) >= 11 is 3.56. The maximum absolute atomic E-state index is 3.43. The Morgan fingerprint density at radius 1 is 0.650 bits per heavy atom. The first-order valence-electron chi connectivity index (χ1n) is 6.53. The summed E-state index contributed by atoms with van der Waals surface area (Å²) in [6, 6.07) is 16.9. The average Bonchev–Trinajstić information content (AvgIpc) is 3.17. The molecule has 4 heteroatoms. The Kier molecular flexibility index (Phi) is 4.35. The summed E-state index contributed by atoms with van der Waals surface area (Å²) in [5.41, 5.74) is 2.31. The highest BCUT2D eigenvalue weighted by atomic mass is 32.1. The van der Waals surface area contributed by atoms with Gasteiger partial charge >= 0.3 is 0 Å². The molecule has 2 nitrogen and oxygen atoms in total. The van der Waals surface area contributed by atoms with Gasteiger partial charge in [-0.25, -0.2) is 0 Å². The third-order valence-corrected chi connectivity index (χ3v) is 4.73. The Bertz CT molecular complexity index is 556. The molecule has 0 saturated carbocycles. The fraction of sp³-hybridized carbons (Fsp3) is 0.125. The van der Waals surface area contributed by atoms with Crippen molar-refractivity contribution in [3.63, 3.8) is 0 Å². The lowest BCUT2D eigenvalue weighted by atomic mass is 10.2. The third-order valence-electron chi connectivity index (χ3n) is 2.98. The van der Waals surface area contributed by atoms with Crippen LogP contribution < -0.4 is 10.6 Å². The van der Waals surface area contributed by atoms with Gasteiger partial charge in [-0.3, -0.25) is 0 Å². The van der Waals surface area contributed by atoms with Crippen LogP contribution in [0.5, 0.6) is 0 Å². The van der Waals surface area contributed by atoms with Crippen LogP contribution in [0.1, 0.15) is 9.75 Å². The van der Waals surface area contributed by atoms with E-state index < -0.39 is 0 Å². The Morgan fingerprint density at radius 3 is 1.45 bits per heavy atom. The minimum Gasteiger partial charge on any atom is -0.380 e. The molecule has 0 amide bonds. The third kappa shape index (κ3) is 3.62. The summed E-state index contributed by atoms with van der Waals surface area (Å²) in [6.45, 7) is 1.78. The zero-order valence-corrected chi connectivity index (χ0v) is 12.6. The highest BCUT2D eigenvalue weighted by Gasteiger charge is 1.97. The first kappa shape index (κ1) is 13.2. The molecule has 0 unspecified atom stereocenters. The molecule has 0 aliphatic carbocycles. The minimum absolute atomic E-state index is 0.889. The predicted octanol–water partition coefficient (Wildman–Crippen LogP) is 5.03. The van der Waals surface area contributed by atoms with Crippen LogP contribution >= 0.6 is 22.7 Å². The van der Waals surface area contributed by atoms with Crippen LogP contribution in [0.15, 0.2) is 59.3 Å². The molecule has 0 fully saturated rings. The van der Waals surface area contributed by atoms with Gasteiger partial charge in [0.25, 0.3) is 0 Å². The van der Waals surface area contributed by atoms with Crippen LogP contribution in [-0.4, -0.2) is 0 Å². The quantitative estimate of drug-likeness (QED) is 0.667. The largest absolute Gasteiger partial charge is 0.380 e. The Balaban J connectivity index is 1.51. The molecule has 0 aliphatic heterocycles. The summed E-state index contributed by atoms with van der Waals surface area (Å²) in [4.78, 5) is 2.70. The summed E-state index contributed by atoms with van der Waals surface area (Å²) in [7, 11) is 0. The molecule has 102 valence electrons. The first-order valence-corrected chi connectivity index (χ1v) is 8.29. The maximum atomic E-state index is 3.43. The molecule has 3 rings (SSSR count). The number of hydrogen-bond donors (Lipinski definition) is 2. The fourth-order valence-corrected chi connectivity index (χ4v) is 3.20. The van der Waals surface area contributed by atoms with Gasteiger partial charge in [0.1, 0.15) is 0 Å². The van der Waals surface area contributed by atoms with Crippen molar-refractivity contribution in [2.24, 2.45) is 0 Å². The average molecular weight is 300 g/mol. The maximum Gasteiger partial charge on any atom is 0.0494 e. The monoisotopic (exact) mass is 300 g/mol. The standard InChI is InChI=1S/C16H16N2S2/c1-3-15(19-9-1)11-17-13-5-7-14(8-6-13)18-12-16-4-2-10-20-16/h1-10,17-18H,11-12H2. The van der Waals surface area contributed by atoms with Crippen LogP contribution in [-0.2, 0) is 13.1 Å². The van der Waals surface area contributed by atoms with E-state index in [1.807, 2.05) is 0 Å². The molecule has 2 heterocycles. The summed E-state index contributed by atoms with van der Waals surface area (Å²) in [5, 5.41) is 11.1. The Hall–Kier alpha value is -1.78. The first-order chi connectivity index (χ1) is 9.90. The molecule has 3 aromatic rings. The Labute approximate surface area is 127 Å². The lowest BCUT2D eigenvalue weighted by molar-refractivity contribution is 1.18. The second-order valence-electron chi connectivity index (χ2n) is 4.44. The van der Waals surface area contributed by atoms with Gasteiger partial charge < -0.3 is 10.6 Å². The predicted molar refractivity (Wildman–Crippen MR) is 89.7 cm³/mol. The van der Waals surface area contributed by atoms with E-state index in [2.05, 4.69) is 69.9 Å². The van der Waals surface area contributed by atoms with Crippen LogP contribution in [0.3, 0.4) is 0 Å². The van der Waals surface area contributed by atoms with Gasteiger partial charge in [-0.15, -0.1) is 22.7 Å². The number of rotatable bonds is 6. The number of benzene rings is 1. The van der Waals surface area contributed by atoms with Gasteiger partial charge in [0.15, 0.2) is 0 Å². The molecule has 1 aromatic carbocycles. The SMILES string of the molecule is c1csc(CNc2ccc(NCc3cccs3)cc2)c1. The van der Waals surface area contributed by atoms with Crippen molar-refractivity contribution in [3.05, 3.63) is 69.0 Å². The summed E-state index contributed by atoms with van der Waals surface area (Å²) < 4.78 is 0. The van der Waals surface area contributed by atoms with Gasteiger partial charge in [-0.2, -0.15) is 0 Å². The number of anilines is 2. The van der Waals surface area contributed by atoms with Crippen molar-refractivity contribution < 1.29 is 0 Å². The van der Waals surface area contributed by atoms with Crippen molar-refractivity contribution in [2.75, 3.05) is 10.6 Å². The van der Waals surface area contributed by atoms with Crippen molar-refractivity contribution in [1.82, 2.24) is 0 Å². The van der Waals surface area contributed by atoms with Gasteiger partial charge in [-0.1, -0.05) is 12.1 Å². The van der Waals surface area contributed by atoms with E-state index >= 15 is 0 Å². The highest BCUT2D eigenvalue weighted by Crippen LogP contribution is 2.17. The van der Waals surface area contributed by atoms with E-state index in [1.165, 1.54) is 9.75 Å². The second-order valence-corrected chi connectivity index (χ2v) is 6.51. The number of thiophene rings is 2. The van der Waals surface area contributed by atoms with Crippen molar-refractivity contribution in [3.8, 4) is 0 Å². The van der Waals surface area contributed by atoms with Crippen LogP contribution in [0.25, 0.3) is 0 Å². The normalized spacial score (nSPS) is 10.4. The zero-order chi connectivity index (χ0) is 13.6. The topological polar surface area (TPSA) is 24.1 Å². The number of nitrogens with one attached hydrogen (secondary N) is 2. The lowest BCUT2D eigenvalue weighted by Crippen LogP contribution is -1.99. The van der Waals surface area contributed by atoms with Crippen molar-refractivity contribution in [2.45, 2.75) is 13.1 Å². The molecule has 0 atom stereocenters. The smallest absolute Gasteiger partial charge is 0.0494 e. The van der Waals surface area contributed by atoms with Gasteiger partial charge in [0, 0.05) is 34.2 Å². The van der Waals surface area contributed by atoms with E-state index in [1.54, 1.807) is 22.7 Å². The van der Waals surface area contributed by atoms with Crippen LogP contribution in [0, 0.1) is 0 Å². The molecule has 0 radical (unpaired) electrons. The van der Waals surface area contributed by atoms with Crippen LogP contribution in [0.2, 0.25) is 0 Å². The van der Waals surface area contributed by atoms with E-state index in [0.29, 0.717) is 0 Å². The van der Waals surface area contributed by atoms with Gasteiger partial charge in [0.05, 0.1) is 0 Å². The molecule has 0 saturated heterocycles. The van der Waals surface area contributed by atoms with Crippen molar-refractivity contribution >= 4 is 34.0 Å². The summed E-state index contributed by atoms with van der Waals surface area (Å²) in [5.74, 6) is 0. The Morgan fingerprint density at radius 2 is 1.10 bits per heavy atom. The molecule has 0 bridgehead atoms. The fourth-order valence-electron chi connectivity index (χ4n) is 1.91. The van der Waals surface area contributed by atoms with E-state index in [4.69, 9.17) is 0 Å². The zero-order valence-electron chi connectivity index (χ0n) is 11.0. The second kappa shape index (κ2) is 6.59. The molecule has 0 aliphatic rings. The van der Waals surface area contributed by atoms with E-state index in [0.717, 1.165) is 24.5 Å². The van der Waals surface area contributed by atoms with Gasteiger partial charge in [-0.05, 0) is 47.2 Å². The van der Waals surface area contributed by atoms with Gasteiger partial charge in [0.2, 0.25) is 0 Å².